The molecule has 0 atom stereocenters. The molecule has 0 saturated heterocycles. The van der Waals surface area contributed by atoms with Crippen LogP contribution in [-0.2, 0) is 0 Å². The maximum Gasteiger partial charge on any atom is 0.323 e. The number of para-hydroxylation sites is 1. The lowest BCUT2D eigenvalue weighted by Gasteiger charge is -2.11. The molecule has 0 unspecified atom stereocenters. The van der Waals surface area contributed by atoms with Crippen LogP contribution >= 0.6 is 34.8 Å². The molecule has 4 N–H and O–H groups in total. The van der Waals surface area contributed by atoms with Crippen LogP contribution < -0.4 is 16.4 Å². The molecule has 104 valence electrons. The van der Waals surface area contributed by atoms with Crippen molar-refractivity contribution in [3.8, 4) is 0 Å². The molecule has 20 heavy (non-hydrogen) atoms. The van der Waals surface area contributed by atoms with Crippen LogP contribution in [-0.4, -0.2) is 6.03 Å². The van der Waals surface area contributed by atoms with E-state index in [4.69, 9.17) is 40.5 Å². The zero-order valence-electron chi connectivity index (χ0n) is 10.1. The monoisotopic (exact) mass is 329 g/mol. The number of rotatable bonds is 2. The van der Waals surface area contributed by atoms with E-state index in [2.05, 4.69) is 10.6 Å². The van der Waals surface area contributed by atoms with Crippen molar-refractivity contribution in [1.82, 2.24) is 0 Å². The lowest BCUT2D eigenvalue weighted by molar-refractivity contribution is 0.262. The van der Waals surface area contributed by atoms with Crippen molar-refractivity contribution in [2.75, 3.05) is 16.4 Å². The van der Waals surface area contributed by atoms with E-state index in [0.717, 1.165) is 0 Å². The standard InChI is InChI=1S/C13H10Cl3N3O/c14-8-5-4-7(6-10(8)16)18-13(20)19-12-9(15)2-1-3-11(12)17/h1-6H,17H2,(H2,18,19,20). The van der Waals surface area contributed by atoms with E-state index in [0.29, 0.717) is 32.1 Å². The first-order valence-electron chi connectivity index (χ1n) is 5.54. The summed E-state index contributed by atoms with van der Waals surface area (Å²) in [5.74, 6) is 0. The summed E-state index contributed by atoms with van der Waals surface area (Å²) < 4.78 is 0. The Kier molecular flexibility index (Phi) is 4.60. The Labute approximate surface area is 130 Å². The van der Waals surface area contributed by atoms with Crippen LogP contribution in [0.1, 0.15) is 0 Å². The lowest BCUT2D eigenvalue weighted by atomic mass is 10.2. The molecule has 0 heterocycles. The smallest absolute Gasteiger partial charge is 0.323 e. The molecule has 0 fully saturated rings. The fourth-order valence-electron chi connectivity index (χ4n) is 1.52. The molecule has 2 aromatic rings. The molecule has 2 aromatic carbocycles. The van der Waals surface area contributed by atoms with E-state index in [1.165, 1.54) is 0 Å². The minimum atomic E-state index is -0.483. The second kappa shape index (κ2) is 6.22. The number of nitrogens with one attached hydrogen (secondary N) is 2. The van der Waals surface area contributed by atoms with Gasteiger partial charge in [0.25, 0.3) is 0 Å². The number of nitrogen functional groups attached to an aromatic ring is 1. The number of amides is 2. The quantitative estimate of drug-likeness (QED) is 0.687. The summed E-state index contributed by atoms with van der Waals surface area (Å²) in [6.07, 6.45) is 0. The van der Waals surface area contributed by atoms with Crippen molar-refractivity contribution in [3.63, 3.8) is 0 Å². The van der Waals surface area contributed by atoms with E-state index < -0.39 is 6.03 Å². The fourth-order valence-corrected chi connectivity index (χ4v) is 2.05. The van der Waals surface area contributed by atoms with Crippen LogP contribution in [0.3, 0.4) is 0 Å². The highest BCUT2D eigenvalue weighted by Gasteiger charge is 2.09. The molecule has 2 amide bonds. The molecule has 0 spiro atoms. The van der Waals surface area contributed by atoms with Crippen molar-refractivity contribution >= 4 is 57.9 Å². The number of hydrogen-bond donors (Lipinski definition) is 3. The summed E-state index contributed by atoms with van der Waals surface area (Å²) >= 11 is 17.6. The van der Waals surface area contributed by atoms with Gasteiger partial charge in [0.15, 0.2) is 0 Å². The van der Waals surface area contributed by atoms with Crippen LogP contribution in [0.4, 0.5) is 21.9 Å². The third-order valence-electron chi connectivity index (χ3n) is 2.46. The maximum absolute atomic E-state index is 11.9. The van der Waals surface area contributed by atoms with Gasteiger partial charge in [0.1, 0.15) is 0 Å². The van der Waals surface area contributed by atoms with Gasteiger partial charge in [0.2, 0.25) is 0 Å². The van der Waals surface area contributed by atoms with Gasteiger partial charge in [0, 0.05) is 5.69 Å². The average Bonchev–Trinajstić information content (AvgIpc) is 2.38. The van der Waals surface area contributed by atoms with Crippen molar-refractivity contribution in [1.29, 1.82) is 0 Å². The van der Waals surface area contributed by atoms with Crippen molar-refractivity contribution < 1.29 is 4.79 Å². The third kappa shape index (κ3) is 3.48. The highest BCUT2D eigenvalue weighted by atomic mass is 35.5. The van der Waals surface area contributed by atoms with Crippen LogP contribution in [0, 0.1) is 0 Å². The van der Waals surface area contributed by atoms with Gasteiger partial charge in [-0.25, -0.2) is 4.79 Å². The SMILES string of the molecule is Nc1cccc(Cl)c1NC(=O)Nc1ccc(Cl)c(Cl)c1. The molecule has 0 aromatic heterocycles. The molecule has 7 heteroatoms. The van der Waals surface area contributed by atoms with Gasteiger partial charge in [-0.3, -0.25) is 0 Å². The largest absolute Gasteiger partial charge is 0.397 e. The normalized spacial score (nSPS) is 10.2. The van der Waals surface area contributed by atoms with Crippen LogP contribution in [0.5, 0.6) is 0 Å². The third-order valence-corrected chi connectivity index (χ3v) is 3.52. The van der Waals surface area contributed by atoms with E-state index in [1.54, 1.807) is 36.4 Å². The fraction of sp³-hybridized carbons (Fsp3) is 0. The first-order valence-corrected chi connectivity index (χ1v) is 6.68. The topological polar surface area (TPSA) is 67.1 Å². The van der Waals surface area contributed by atoms with E-state index in [1.807, 2.05) is 0 Å². The van der Waals surface area contributed by atoms with Crippen molar-refractivity contribution in [3.05, 3.63) is 51.5 Å². The van der Waals surface area contributed by atoms with Crippen molar-refractivity contribution in [2.45, 2.75) is 0 Å². The summed E-state index contributed by atoms with van der Waals surface area (Å²) in [7, 11) is 0. The molecular weight excluding hydrogens is 321 g/mol. The minimum absolute atomic E-state index is 0.349. The number of hydrogen-bond acceptors (Lipinski definition) is 2. The van der Waals surface area contributed by atoms with Gasteiger partial charge in [-0.1, -0.05) is 40.9 Å². The zero-order chi connectivity index (χ0) is 14.7. The van der Waals surface area contributed by atoms with Gasteiger partial charge in [0.05, 0.1) is 26.4 Å². The van der Waals surface area contributed by atoms with E-state index in [9.17, 15) is 4.79 Å². The molecular formula is C13H10Cl3N3O. The van der Waals surface area contributed by atoms with Gasteiger partial charge in [-0.05, 0) is 30.3 Å². The van der Waals surface area contributed by atoms with Gasteiger partial charge < -0.3 is 16.4 Å². The summed E-state index contributed by atoms with van der Waals surface area (Å²) in [5, 5.41) is 6.30. The van der Waals surface area contributed by atoms with Crippen LogP contribution in [0.2, 0.25) is 15.1 Å². The highest BCUT2D eigenvalue weighted by molar-refractivity contribution is 6.42. The second-order valence-corrected chi connectivity index (χ2v) is 5.13. The molecule has 0 saturated carbocycles. The lowest BCUT2D eigenvalue weighted by Crippen LogP contribution is -2.20. The molecule has 0 bridgehead atoms. The predicted octanol–water partition coefficient (Wildman–Crippen LogP) is 4.87. The number of carbonyl (C=O) groups is 1. The predicted molar refractivity (Wildman–Crippen MR) is 85.0 cm³/mol. The Balaban J connectivity index is 2.11. The van der Waals surface area contributed by atoms with Gasteiger partial charge in [-0.2, -0.15) is 0 Å². The first kappa shape index (κ1) is 14.8. The molecule has 0 aliphatic heterocycles. The number of benzene rings is 2. The van der Waals surface area contributed by atoms with Crippen molar-refractivity contribution in [2.24, 2.45) is 0 Å². The van der Waals surface area contributed by atoms with Crippen LogP contribution in [0.15, 0.2) is 36.4 Å². The highest BCUT2D eigenvalue weighted by Crippen LogP contribution is 2.28. The Hall–Kier alpha value is -1.62. The Morgan fingerprint density at radius 2 is 1.70 bits per heavy atom. The molecule has 0 radical (unpaired) electrons. The van der Waals surface area contributed by atoms with Crippen LogP contribution in [0.25, 0.3) is 0 Å². The molecule has 2 rings (SSSR count). The number of carbonyl (C=O) groups excluding carboxylic acids is 1. The summed E-state index contributed by atoms with van der Waals surface area (Å²) in [4.78, 5) is 11.9. The zero-order valence-corrected chi connectivity index (χ0v) is 12.4. The summed E-state index contributed by atoms with van der Waals surface area (Å²) in [6, 6.07) is 9.24. The molecule has 0 aliphatic carbocycles. The second-order valence-electron chi connectivity index (χ2n) is 3.91. The van der Waals surface area contributed by atoms with E-state index >= 15 is 0 Å². The number of anilines is 3. The average molecular weight is 331 g/mol. The molecule has 4 nitrogen and oxygen atoms in total. The van der Waals surface area contributed by atoms with Gasteiger partial charge >= 0.3 is 6.03 Å². The summed E-state index contributed by atoms with van der Waals surface area (Å²) in [6.45, 7) is 0. The first-order chi connectivity index (χ1) is 9.47. The summed E-state index contributed by atoms with van der Waals surface area (Å²) in [5.41, 5.74) is 6.97. The minimum Gasteiger partial charge on any atom is -0.397 e. The maximum atomic E-state index is 11.9. The Morgan fingerprint density at radius 1 is 0.950 bits per heavy atom. The number of halogens is 3. The van der Waals surface area contributed by atoms with Gasteiger partial charge in [-0.15, -0.1) is 0 Å². The Bertz CT molecular complexity index is 641. The number of urea groups is 1. The Morgan fingerprint density at radius 3 is 2.35 bits per heavy atom. The van der Waals surface area contributed by atoms with E-state index in [-0.39, 0.29) is 0 Å². The number of nitrogens with two attached hydrogens (primary N) is 1. The molecule has 0 aliphatic rings.